The summed E-state index contributed by atoms with van der Waals surface area (Å²) < 4.78 is 52.2. The van der Waals surface area contributed by atoms with E-state index < -0.39 is 77.4 Å². The normalized spacial score (nSPS) is 17.3. The number of benzene rings is 4. The van der Waals surface area contributed by atoms with Gasteiger partial charge in [0.1, 0.15) is 29.7 Å². The first-order valence-electron chi connectivity index (χ1n) is 29.1. The number of piperidine rings is 2. The second kappa shape index (κ2) is 29.6. The summed E-state index contributed by atoms with van der Waals surface area (Å²) in [6.07, 6.45) is 4.06. The molecule has 2 saturated heterocycles. The number of methoxy groups -OCH3 is 5. The van der Waals surface area contributed by atoms with E-state index in [1.807, 2.05) is 52.8 Å². The average molecular weight is 1190 g/mol. The number of esters is 1. The summed E-state index contributed by atoms with van der Waals surface area (Å²) in [5.74, 6) is -1.92. The highest BCUT2D eigenvalue weighted by Gasteiger charge is 2.46. The smallest absolute Gasteiger partial charge is 0.329 e. The molecule has 0 radical (unpaired) electrons. The van der Waals surface area contributed by atoms with Gasteiger partial charge in [-0.25, -0.2) is 4.79 Å². The van der Waals surface area contributed by atoms with Crippen molar-refractivity contribution in [2.45, 2.75) is 140 Å². The number of rotatable bonds is 30. The third kappa shape index (κ3) is 15.9. The summed E-state index contributed by atoms with van der Waals surface area (Å²) >= 11 is 0. The first-order valence-corrected chi connectivity index (χ1v) is 29.1. The predicted molar refractivity (Wildman–Crippen MR) is 315 cm³/mol. The van der Waals surface area contributed by atoms with Crippen LogP contribution >= 0.6 is 0 Å². The summed E-state index contributed by atoms with van der Waals surface area (Å²) in [6.45, 7) is 9.76. The maximum atomic E-state index is 14.6. The molecule has 22 heteroatoms. The zero-order valence-electron chi connectivity index (χ0n) is 50.9. The molecule has 2 fully saturated rings. The molecule has 0 spiro atoms. The Bertz CT molecular complexity index is 3090. The van der Waals surface area contributed by atoms with E-state index in [9.17, 15) is 38.4 Å². The number of carbonyl (C=O) groups excluding carboxylic acids is 8. The van der Waals surface area contributed by atoms with Gasteiger partial charge in [0.05, 0.1) is 58.2 Å². The van der Waals surface area contributed by atoms with Crippen molar-refractivity contribution in [3.05, 3.63) is 101 Å². The fourth-order valence-electron chi connectivity index (χ4n) is 10.9. The van der Waals surface area contributed by atoms with Crippen molar-refractivity contribution in [3.63, 3.8) is 0 Å². The Morgan fingerprint density at radius 1 is 0.721 bits per heavy atom. The number of amides is 7. The zero-order chi connectivity index (χ0) is 62.3. The van der Waals surface area contributed by atoms with Crippen LogP contribution in [0.1, 0.15) is 148 Å². The number of nitrogens with one attached hydrogen (secondary N) is 3. The lowest BCUT2D eigenvalue weighted by molar-refractivity contribution is -0.162. The first kappa shape index (κ1) is 65.1. The van der Waals surface area contributed by atoms with Crippen LogP contribution in [0.5, 0.6) is 40.2 Å². The monoisotopic (exact) mass is 1190 g/mol. The van der Waals surface area contributed by atoms with Gasteiger partial charge in [-0.1, -0.05) is 38.1 Å². The van der Waals surface area contributed by atoms with E-state index in [0.717, 1.165) is 23.3 Å². The zero-order valence-corrected chi connectivity index (χ0v) is 50.9. The molecule has 0 bridgehead atoms. The molecule has 0 aliphatic carbocycles. The molecule has 3 N–H and O–H groups in total. The Balaban J connectivity index is 0.903. The highest BCUT2D eigenvalue weighted by Crippen LogP contribution is 2.42. The van der Waals surface area contributed by atoms with Gasteiger partial charge in [0.25, 0.3) is 23.6 Å². The van der Waals surface area contributed by atoms with E-state index in [1.54, 1.807) is 55.5 Å². The molecule has 0 saturated carbocycles. The third-order valence-corrected chi connectivity index (χ3v) is 16.0. The maximum Gasteiger partial charge on any atom is 0.329 e. The minimum absolute atomic E-state index is 0.00507. The summed E-state index contributed by atoms with van der Waals surface area (Å²) in [7, 11) is 7.70. The molecule has 4 aromatic carbocycles. The first-order chi connectivity index (χ1) is 41.2. The van der Waals surface area contributed by atoms with Crippen molar-refractivity contribution in [3.8, 4) is 40.2 Å². The van der Waals surface area contributed by atoms with Crippen molar-refractivity contribution in [2.75, 3.05) is 68.5 Å². The number of ether oxygens (including phenoxy) is 9. The molecule has 7 amide bonds. The number of imide groups is 2. The molecule has 464 valence electrons. The number of aryl methyl sites for hydroxylation is 1. The molecule has 22 nitrogen and oxygen atoms in total. The highest BCUT2D eigenvalue weighted by atomic mass is 16.6. The molecular formula is C64H81N5O17. The van der Waals surface area contributed by atoms with Crippen LogP contribution in [0, 0.1) is 0 Å². The van der Waals surface area contributed by atoms with Crippen molar-refractivity contribution >= 4 is 47.3 Å². The number of likely N-dealkylation sites (tertiary alicyclic amines) is 1. The van der Waals surface area contributed by atoms with Gasteiger partial charge in [-0.05, 0) is 150 Å². The second-order valence-electron chi connectivity index (χ2n) is 22.3. The van der Waals surface area contributed by atoms with Crippen molar-refractivity contribution in [1.82, 2.24) is 25.8 Å². The fraction of sp³-hybridized carbons (Fsp3) is 0.500. The minimum atomic E-state index is -1.14. The van der Waals surface area contributed by atoms with Gasteiger partial charge in [0.15, 0.2) is 36.2 Å². The number of nitrogens with zero attached hydrogens (tertiary/aromatic N) is 2. The van der Waals surface area contributed by atoms with Crippen LogP contribution in [-0.4, -0.2) is 149 Å². The van der Waals surface area contributed by atoms with Gasteiger partial charge in [-0.3, -0.25) is 43.8 Å². The minimum Gasteiger partial charge on any atom is -0.493 e. The SMILES string of the molecule is CC[C@H](C(=O)N1CCCC[C@H]1C(=O)O[C@H](CCc1ccc(OC)c(OC)c1)c1ccc(OCC(=O)NCCC(C)(CC)OCCC(C)(C)NC(=O)COc2cccc3c2C(=O)N(C2CCC(=O)NC2=O)C3=O)cc1)c1cc(OC)c(OC)c(OC)c1. The van der Waals surface area contributed by atoms with E-state index in [2.05, 4.69) is 16.0 Å². The summed E-state index contributed by atoms with van der Waals surface area (Å²) in [6, 6.07) is 18.7. The van der Waals surface area contributed by atoms with E-state index in [4.69, 9.17) is 42.6 Å². The van der Waals surface area contributed by atoms with Crippen molar-refractivity contribution in [2.24, 2.45) is 0 Å². The number of carbonyl (C=O) groups is 8. The number of hydrogen-bond donors (Lipinski definition) is 3. The number of hydrogen-bond acceptors (Lipinski definition) is 17. The second-order valence-corrected chi connectivity index (χ2v) is 22.3. The van der Waals surface area contributed by atoms with Crippen LogP contribution in [0.4, 0.5) is 0 Å². The topological polar surface area (TPSA) is 262 Å². The predicted octanol–water partition coefficient (Wildman–Crippen LogP) is 7.36. The van der Waals surface area contributed by atoms with Crippen molar-refractivity contribution < 1.29 is 81.0 Å². The van der Waals surface area contributed by atoms with E-state index in [1.165, 1.54) is 39.5 Å². The van der Waals surface area contributed by atoms with E-state index in [0.29, 0.717) is 104 Å². The molecular weight excluding hydrogens is 1110 g/mol. The van der Waals surface area contributed by atoms with Gasteiger partial charge in [0, 0.05) is 31.7 Å². The van der Waals surface area contributed by atoms with Gasteiger partial charge in [0.2, 0.25) is 23.5 Å². The quantitative estimate of drug-likeness (QED) is 0.0340. The lowest BCUT2D eigenvalue weighted by Gasteiger charge is -2.37. The van der Waals surface area contributed by atoms with Crippen molar-refractivity contribution in [1.29, 1.82) is 0 Å². The van der Waals surface area contributed by atoms with Gasteiger partial charge >= 0.3 is 5.97 Å². The largest absolute Gasteiger partial charge is 0.493 e. The van der Waals surface area contributed by atoms with Crippen LogP contribution in [0.25, 0.3) is 0 Å². The molecule has 3 aliphatic rings. The molecule has 0 aromatic heterocycles. The fourth-order valence-corrected chi connectivity index (χ4v) is 10.9. The van der Waals surface area contributed by atoms with E-state index >= 15 is 0 Å². The molecule has 3 heterocycles. The molecule has 3 aliphatic heterocycles. The van der Waals surface area contributed by atoms with Gasteiger partial charge < -0.3 is 58.2 Å². The Labute approximate surface area is 502 Å². The summed E-state index contributed by atoms with van der Waals surface area (Å²) in [4.78, 5) is 109. The van der Waals surface area contributed by atoms with E-state index in [-0.39, 0.29) is 54.7 Å². The third-order valence-electron chi connectivity index (χ3n) is 16.0. The molecule has 5 atom stereocenters. The lowest BCUT2D eigenvalue weighted by atomic mass is 9.91. The maximum absolute atomic E-state index is 14.6. The molecule has 2 unspecified atom stereocenters. The Hall–Kier alpha value is -8.40. The molecule has 86 heavy (non-hydrogen) atoms. The van der Waals surface area contributed by atoms with Crippen LogP contribution in [0.2, 0.25) is 0 Å². The summed E-state index contributed by atoms with van der Waals surface area (Å²) in [5, 5.41) is 8.02. The van der Waals surface area contributed by atoms with Crippen LogP contribution in [0.15, 0.2) is 72.8 Å². The van der Waals surface area contributed by atoms with Crippen LogP contribution in [0.3, 0.4) is 0 Å². The molecule has 7 rings (SSSR count). The standard InChI is InChI=1S/C64H81N5O17/c1-11-43(41-35-51(80-8)57(82-10)52(36-41)81-9)59(74)68-32-14-13-17-46(68)62(77)86-47(26-19-39-20-27-48(78-6)50(34-39)79-7)40-21-23-42(24-22-40)83-37-54(71)65-31-29-64(5,12-2)85-33-30-63(3,4)67-55(72)38-84-49-18-15-16-44-56(49)61(76)69(60(44)75)45-25-28-53(70)66-58(45)73/h15-16,18,20-24,27,34-36,43,45-47H,11-14,17,19,25-26,28-33,37-38H2,1-10H3,(H,65,71)(H,67,72)(H,66,70,73)/t43-,45?,46-,47+,64?/m0/s1. The number of fused-ring (bicyclic) bond motifs is 1. The Kier molecular flexibility index (Phi) is 22.4. The Morgan fingerprint density at radius 3 is 2.07 bits per heavy atom. The van der Waals surface area contributed by atoms with Crippen LogP contribution in [-0.2, 0) is 44.7 Å². The lowest BCUT2D eigenvalue weighted by Crippen LogP contribution is -2.54. The van der Waals surface area contributed by atoms with Gasteiger partial charge in [-0.15, -0.1) is 0 Å². The van der Waals surface area contributed by atoms with Gasteiger partial charge in [-0.2, -0.15) is 0 Å². The Morgan fingerprint density at radius 2 is 1.42 bits per heavy atom. The summed E-state index contributed by atoms with van der Waals surface area (Å²) in [5.41, 5.74) is 0.920. The average Bonchev–Trinajstić information content (AvgIpc) is 1.74. The van der Waals surface area contributed by atoms with Crippen LogP contribution < -0.4 is 49.1 Å². The highest BCUT2D eigenvalue weighted by molar-refractivity contribution is 6.24. The molecule has 4 aromatic rings.